The number of rotatable bonds is 2. The van der Waals surface area contributed by atoms with Crippen molar-refractivity contribution in [3.63, 3.8) is 0 Å². The molecule has 20 heavy (non-hydrogen) atoms. The Kier molecular flexibility index (Phi) is 4.33. The fraction of sp³-hybridized carbons (Fsp3) is 0.562. The van der Waals surface area contributed by atoms with Crippen LogP contribution >= 0.6 is 0 Å². The Balaban J connectivity index is 2.23. The van der Waals surface area contributed by atoms with Gasteiger partial charge in [0.2, 0.25) is 0 Å². The highest BCUT2D eigenvalue weighted by molar-refractivity contribution is 5.99. The number of nitrogens with zero attached hydrogens (tertiary/aromatic N) is 2. The molecule has 1 aliphatic rings. The minimum absolute atomic E-state index is 0.126. The third kappa shape index (κ3) is 2.80. The molecule has 1 aliphatic heterocycles. The van der Waals surface area contributed by atoms with Crippen molar-refractivity contribution < 1.29 is 4.79 Å². The van der Waals surface area contributed by atoms with Crippen molar-refractivity contribution in [2.45, 2.75) is 32.9 Å². The summed E-state index contributed by atoms with van der Waals surface area (Å²) in [5.74, 6) is 0.126. The maximum atomic E-state index is 12.8. The van der Waals surface area contributed by atoms with Crippen LogP contribution in [0.2, 0.25) is 0 Å². The van der Waals surface area contributed by atoms with Gasteiger partial charge in [-0.2, -0.15) is 0 Å². The van der Waals surface area contributed by atoms with E-state index in [-0.39, 0.29) is 5.91 Å². The number of aryl methyl sites for hydroxylation is 1. The van der Waals surface area contributed by atoms with E-state index < -0.39 is 0 Å². The number of benzene rings is 1. The van der Waals surface area contributed by atoms with Gasteiger partial charge in [-0.1, -0.05) is 6.07 Å². The quantitative estimate of drug-likeness (QED) is 0.899. The minimum atomic E-state index is 0.126. The van der Waals surface area contributed by atoms with Gasteiger partial charge in [0.15, 0.2) is 0 Å². The van der Waals surface area contributed by atoms with Crippen LogP contribution in [0.1, 0.15) is 29.8 Å². The topological polar surface area (TPSA) is 35.6 Å². The number of amides is 1. The van der Waals surface area contributed by atoms with E-state index in [2.05, 4.69) is 31.1 Å². The third-order valence-corrected chi connectivity index (χ3v) is 4.32. The highest BCUT2D eigenvalue weighted by Gasteiger charge is 2.30. The van der Waals surface area contributed by atoms with Crippen LogP contribution < -0.4 is 5.32 Å². The Morgan fingerprint density at radius 3 is 2.40 bits per heavy atom. The van der Waals surface area contributed by atoms with Crippen LogP contribution in [-0.4, -0.2) is 55.0 Å². The maximum absolute atomic E-state index is 12.8. The first kappa shape index (κ1) is 14.9. The van der Waals surface area contributed by atoms with Crippen LogP contribution in [-0.2, 0) is 0 Å². The van der Waals surface area contributed by atoms with Crippen LogP contribution in [0, 0.1) is 6.92 Å². The van der Waals surface area contributed by atoms with Gasteiger partial charge in [-0.3, -0.25) is 9.69 Å². The average molecular weight is 275 g/mol. The van der Waals surface area contributed by atoms with Gasteiger partial charge < -0.3 is 10.2 Å². The molecule has 2 rings (SSSR count). The molecule has 4 nitrogen and oxygen atoms in total. The van der Waals surface area contributed by atoms with E-state index in [1.165, 1.54) is 0 Å². The summed E-state index contributed by atoms with van der Waals surface area (Å²) in [4.78, 5) is 17.1. The van der Waals surface area contributed by atoms with Gasteiger partial charge in [-0.25, -0.2) is 0 Å². The molecular formula is C16H25N3O. The third-order valence-electron chi connectivity index (χ3n) is 4.32. The Bertz CT molecular complexity index is 488. The zero-order valence-electron chi connectivity index (χ0n) is 13.1. The van der Waals surface area contributed by atoms with E-state index >= 15 is 0 Å². The molecule has 2 atom stereocenters. The van der Waals surface area contributed by atoms with Crippen molar-refractivity contribution in [2.75, 3.05) is 32.5 Å². The SMILES string of the molecule is CNc1cc(C)ccc1C(=O)N1CC(C)N(C)C(C)C1. The number of carbonyl (C=O) groups is 1. The molecule has 110 valence electrons. The first-order valence-corrected chi connectivity index (χ1v) is 7.23. The Labute approximate surface area is 121 Å². The van der Waals surface area contributed by atoms with Gasteiger partial charge in [-0.05, 0) is 45.5 Å². The predicted molar refractivity (Wildman–Crippen MR) is 83.3 cm³/mol. The van der Waals surface area contributed by atoms with Gasteiger partial charge in [0.1, 0.15) is 0 Å². The molecule has 1 aromatic carbocycles. The number of piperazine rings is 1. The molecule has 4 heteroatoms. The number of likely N-dealkylation sites (N-methyl/N-ethyl adjacent to an activating group) is 1. The molecule has 1 saturated heterocycles. The lowest BCUT2D eigenvalue weighted by molar-refractivity contribution is 0.0415. The van der Waals surface area contributed by atoms with E-state index in [0.717, 1.165) is 29.9 Å². The molecule has 0 aromatic heterocycles. The fourth-order valence-corrected chi connectivity index (χ4v) is 2.79. The van der Waals surface area contributed by atoms with Crippen LogP contribution in [0.4, 0.5) is 5.69 Å². The lowest BCUT2D eigenvalue weighted by Crippen LogP contribution is -2.56. The monoisotopic (exact) mass is 275 g/mol. The van der Waals surface area contributed by atoms with Crippen molar-refractivity contribution in [1.29, 1.82) is 0 Å². The minimum Gasteiger partial charge on any atom is -0.387 e. The Morgan fingerprint density at radius 2 is 1.85 bits per heavy atom. The normalized spacial score (nSPS) is 23.8. The lowest BCUT2D eigenvalue weighted by Gasteiger charge is -2.42. The molecule has 1 fully saturated rings. The fourth-order valence-electron chi connectivity index (χ4n) is 2.79. The largest absolute Gasteiger partial charge is 0.387 e. The maximum Gasteiger partial charge on any atom is 0.256 e. The lowest BCUT2D eigenvalue weighted by atomic mass is 10.0. The summed E-state index contributed by atoms with van der Waals surface area (Å²) in [6.07, 6.45) is 0. The van der Waals surface area contributed by atoms with E-state index in [0.29, 0.717) is 12.1 Å². The molecule has 2 unspecified atom stereocenters. The summed E-state index contributed by atoms with van der Waals surface area (Å²) in [5.41, 5.74) is 2.84. The smallest absolute Gasteiger partial charge is 0.256 e. The predicted octanol–water partition coefficient (Wildman–Crippen LogP) is 2.20. The van der Waals surface area contributed by atoms with Crippen LogP contribution in [0.15, 0.2) is 18.2 Å². The van der Waals surface area contributed by atoms with E-state index in [1.807, 2.05) is 37.1 Å². The molecule has 1 N–H and O–H groups in total. The number of hydrogen-bond donors (Lipinski definition) is 1. The van der Waals surface area contributed by atoms with Gasteiger partial charge in [0, 0.05) is 37.9 Å². The highest BCUT2D eigenvalue weighted by Crippen LogP contribution is 2.22. The summed E-state index contributed by atoms with van der Waals surface area (Å²) in [6, 6.07) is 6.74. The van der Waals surface area contributed by atoms with Gasteiger partial charge in [-0.15, -0.1) is 0 Å². The second kappa shape index (κ2) is 5.83. The molecule has 1 aromatic rings. The van der Waals surface area contributed by atoms with E-state index in [4.69, 9.17) is 0 Å². The van der Waals surface area contributed by atoms with Crippen LogP contribution in [0.3, 0.4) is 0 Å². The standard InChI is InChI=1S/C16H25N3O/c1-11-6-7-14(15(8-11)17-4)16(20)19-9-12(2)18(5)13(3)10-19/h6-8,12-13,17H,9-10H2,1-5H3. The van der Waals surface area contributed by atoms with Crippen molar-refractivity contribution >= 4 is 11.6 Å². The van der Waals surface area contributed by atoms with E-state index in [9.17, 15) is 4.79 Å². The second-order valence-electron chi connectivity index (χ2n) is 5.87. The first-order valence-electron chi connectivity index (χ1n) is 7.23. The van der Waals surface area contributed by atoms with Crippen LogP contribution in [0.5, 0.6) is 0 Å². The molecule has 0 bridgehead atoms. The van der Waals surface area contributed by atoms with Gasteiger partial charge >= 0.3 is 0 Å². The number of anilines is 1. The summed E-state index contributed by atoms with van der Waals surface area (Å²) in [6.45, 7) is 7.95. The van der Waals surface area contributed by atoms with Gasteiger partial charge in [0.05, 0.1) is 5.56 Å². The summed E-state index contributed by atoms with van der Waals surface area (Å²) in [5, 5.41) is 3.13. The number of hydrogen-bond acceptors (Lipinski definition) is 3. The van der Waals surface area contributed by atoms with E-state index in [1.54, 1.807) is 0 Å². The van der Waals surface area contributed by atoms with Crippen molar-refractivity contribution in [1.82, 2.24) is 9.80 Å². The Hall–Kier alpha value is -1.55. The summed E-state index contributed by atoms with van der Waals surface area (Å²) < 4.78 is 0. The van der Waals surface area contributed by atoms with Crippen LogP contribution in [0.25, 0.3) is 0 Å². The first-order chi connectivity index (χ1) is 9.43. The zero-order chi connectivity index (χ0) is 14.9. The average Bonchev–Trinajstić information content (AvgIpc) is 2.43. The van der Waals surface area contributed by atoms with Crippen molar-refractivity contribution in [3.8, 4) is 0 Å². The molecule has 0 radical (unpaired) electrons. The van der Waals surface area contributed by atoms with Gasteiger partial charge in [0.25, 0.3) is 5.91 Å². The molecule has 0 spiro atoms. The number of nitrogens with one attached hydrogen (secondary N) is 1. The molecule has 1 amide bonds. The zero-order valence-corrected chi connectivity index (χ0v) is 13.1. The second-order valence-corrected chi connectivity index (χ2v) is 5.87. The highest BCUT2D eigenvalue weighted by atomic mass is 16.2. The summed E-state index contributed by atoms with van der Waals surface area (Å²) >= 11 is 0. The number of carbonyl (C=O) groups excluding carboxylic acids is 1. The molecule has 0 saturated carbocycles. The molecule has 1 heterocycles. The molecular weight excluding hydrogens is 250 g/mol. The molecule has 0 aliphatic carbocycles. The summed E-state index contributed by atoms with van der Waals surface area (Å²) in [7, 11) is 3.99. The van der Waals surface area contributed by atoms with Crippen molar-refractivity contribution in [3.05, 3.63) is 29.3 Å². The Morgan fingerprint density at radius 1 is 1.25 bits per heavy atom. The van der Waals surface area contributed by atoms with Crippen molar-refractivity contribution in [2.24, 2.45) is 0 Å².